The van der Waals surface area contributed by atoms with Gasteiger partial charge in [0, 0.05) is 36.4 Å². The summed E-state index contributed by atoms with van der Waals surface area (Å²) in [6.45, 7) is 0.613. The molecule has 1 amide bonds. The van der Waals surface area contributed by atoms with Crippen molar-refractivity contribution in [2.75, 3.05) is 16.8 Å². The molecule has 3 heterocycles. The molecule has 1 aliphatic rings. The third-order valence-corrected chi connectivity index (χ3v) is 4.36. The molecule has 0 fully saturated rings. The van der Waals surface area contributed by atoms with E-state index in [4.69, 9.17) is 0 Å². The smallest absolute Gasteiger partial charge is 0.287 e. The van der Waals surface area contributed by atoms with Gasteiger partial charge in [0.15, 0.2) is 0 Å². The average Bonchev–Trinajstić information content (AvgIpc) is 3.11. The summed E-state index contributed by atoms with van der Waals surface area (Å²) in [7, 11) is 0. The lowest BCUT2D eigenvalue weighted by Gasteiger charge is -2.17. The Morgan fingerprint density at radius 1 is 1.19 bits per heavy atom. The maximum atomic E-state index is 12.7. The highest BCUT2D eigenvalue weighted by atomic mass is 16.6. The Bertz CT molecular complexity index is 1010. The fourth-order valence-electron chi connectivity index (χ4n) is 3.05. The van der Waals surface area contributed by atoms with Crippen LogP contribution in [0.25, 0.3) is 0 Å². The Balaban J connectivity index is 1.53. The Hall–Kier alpha value is -3.81. The monoisotopic (exact) mass is 361 g/mol. The first kappa shape index (κ1) is 16.6. The number of nitrogens with one attached hydrogen (secondary N) is 1. The Morgan fingerprint density at radius 2 is 2.07 bits per heavy atom. The molecular weight excluding hydrogens is 346 g/mol. The van der Waals surface area contributed by atoms with Crippen molar-refractivity contribution in [1.82, 2.24) is 9.97 Å². The maximum absolute atomic E-state index is 12.7. The zero-order chi connectivity index (χ0) is 18.8. The summed E-state index contributed by atoms with van der Waals surface area (Å²) in [6, 6.07) is 12.2. The van der Waals surface area contributed by atoms with Gasteiger partial charge in [-0.25, -0.2) is 4.98 Å². The molecule has 0 aliphatic carbocycles. The average molecular weight is 361 g/mol. The minimum absolute atomic E-state index is 0.0564. The van der Waals surface area contributed by atoms with Gasteiger partial charge in [0.25, 0.3) is 11.6 Å². The van der Waals surface area contributed by atoms with E-state index in [1.807, 2.05) is 18.2 Å². The lowest BCUT2D eigenvalue weighted by Crippen LogP contribution is -2.28. The van der Waals surface area contributed by atoms with Crippen LogP contribution in [-0.2, 0) is 6.42 Å². The van der Waals surface area contributed by atoms with Gasteiger partial charge >= 0.3 is 0 Å². The van der Waals surface area contributed by atoms with Gasteiger partial charge in [0.1, 0.15) is 12.0 Å². The number of nitrogens with zero attached hydrogens (tertiary/aromatic N) is 4. The predicted octanol–water partition coefficient (Wildman–Crippen LogP) is 3.33. The van der Waals surface area contributed by atoms with E-state index in [0.717, 1.165) is 23.4 Å². The topological polar surface area (TPSA) is 101 Å². The summed E-state index contributed by atoms with van der Waals surface area (Å²) in [6.07, 6.45) is 5.17. The molecular formula is C19H15N5O3. The third kappa shape index (κ3) is 3.32. The highest BCUT2D eigenvalue weighted by Gasteiger charge is 2.25. The molecule has 0 saturated carbocycles. The number of aromatic nitrogens is 2. The summed E-state index contributed by atoms with van der Waals surface area (Å²) in [5.74, 6) is 0.446. The molecule has 134 valence electrons. The van der Waals surface area contributed by atoms with Gasteiger partial charge in [0.2, 0.25) is 0 Å². The zero-order valence-corrected chi connectivity index (χ0v) is 14.2. The number of nitro groups is 1. The molecule has 0 atom stereocenters. The number of carbonyl (C=O) groups is 1. The van der Waals surface area contributed by atoms with Crippen molar-refractivity contribution in [2.24, 2.45) is 0 Å². The van der Waals surface area contributed by atoms with Crippen molar-refractivity contribution < 1.29 is 9.72 Å². The van der Waals surface area contributed by atoms with Crippen LogP contribution in [0.5, 0.6) is 0 Å². The zero-order valence-electron chi connectivity index (χ0n) is 14.2. The van der Waals surface area contributed by atoms with Gasteiger partial charge in [-0.3, -0.25) is 19.9 Å². The summed E-state index contributed by atoms with van der Waals surface area (Å²) in [5.41, 5.74) is 3.25. The molecule has 0 saturated heterocycles. The number of rotatable bonds is 4. The molecule has 1 aromatic carbocycles. The largest absolute Gasteiger partial charge is 0.340 e. The van der Waals surface area contributed by atoms with Crippen LogP contribution >= 0.6 is 0 Å². The lowest BCUT2D eigenvalue weighted by atomic mass is 10.1. The molecule has 0 spiro atoms. The minimum atomic E-state index is -0.486. The first-order valence-electron chi connectivity index (χ1n) is 8.34. The number of pyridine rings is 2. The van der Waals surface area contributed by atoms with Gasteiger partial charge in [-0.2, -0.15) is 0 Å². The molecule has 1 N–H and O–H groups in total. The molecule has 8 heteroatoms. The normalized spacial score (nSPS) is 12.5. The van der Waals surface area contributed by atoms with Crippen LogP contribution in [0.15, 0.2) is 61.1 Å². The summed E-state index contributed by atoms with van der Waals surface area (Å²) >= 11 is 0. The Kier molecular flexibility index (Phi) is 4.21. The van der Waals surface area contributed by atoms with E-state index < -0.39 is 4.92 Å². The van der Waals surface area contributed by atoms with Crippen LogP contribution in [0.1, 0.15) is 15.9 Å². The standard InChI is InChI=1S/C19H15N5O3/c25-19(14-2-1-8-20-11-14)23-9-7-13-10-15(3-5-17(13)23)22-18-6-4-16(12-21-18)24(26)27/h1-6,8,10-12H,7,9H2,(H,21,22). The van der Waals surface area contributed by atoms with Crippen LogP contribution in [0.3, 0.4) is 0 Å². The maximum Gasteiger partial charge on any atom is 0.287 e. The quantitative estimate of drug-likeness (QED) is 0.565. The highest BCUT2D eigenvalue weighted by molar-refractivity contribution is 6.07. The Morgan fingerprint density at radius 3 is 2.78 bits per heavy atom. The number of anilines is 3. The van der Waals surface area contributed by atoms with Crippen molar-refractivity contribution in [3.63, 3.8) is 0 Å². The van der Waals surface area contributed by atoms with Crippen LogP contribution in [-0.4, -0.2) is 27.3 Å². The van der Waals surface area contributed by atoms with Crippen molar-refractivity contribution >= 4 is 28.8 Å². The number of benzene rings is 1. The second kappa shape index (κ2) is 6.83. The second-order valence-corrected chi connectivity index (χ2v) is 6.08. The van der Waals surface area contributed by atoms with Crippen LogP contribution < -0.4 is 10.2 Å². The van der Waals surface area contributed by atoms with Gasteiger partial charge < -0.3 is 10.2 Å². The number of fused-ring (bicyclic) bond motifs is 1. The van der Waals surface area contributed by atoms with Crippen molar-refractivity contribution in [3.05, 3.63) is 82.3 Å². The lowest BCUT2D eigenvalue weighted by molar-refractivity contribution is -0.385. The fourth-order valence-corrected chi connectivity index (χ4v) is 3.05. The van der Waals surface area contributed by atoms with E-state index in [0.29, 0.717) is 17.9 Å². The number of hydrogen-bond acceptors (Lipinski definition) is 6. The second-order valence-electron chi connectivity index (χ2n) is 6.08. The van der Waals surface area contributed by atoms with Crippen LogP contribution in [0, 0.1) is 10.1 Å². The van der Waals surface area contributed by atoms with E-state index >= 15 is 0 Å². The van der Waals surface area contributed by atoms with E-state index in [1.165, 1.54) is 12.3 Å². The molecule has 3 aromatic rings. The predicted molar refractivity (Wildman–Crippen MR) is 100 cm³/mol. The molecule has 0 bridgehead atoms. The molecule has 2 aromatic heterocycles. The van der Waals surface area contributed by atoms with Gasteiger partial charge in [-0.1, -0.05) is 0 Å². The highest BCUT2D eigenvalue weighted by Crippen LogP contribution is 2.32. The van der Waals surface area contributed by atoms with Crippen LogP contribution in [0.2, 0.25) is 0 Å². The number of hydrogen-bond donors (Lipinski definition) is 1. The number of carbonyl (C=O) groups excluding carboxylic acids is 1. The first-order chi connectivity index (χ1) is 13.1. The minimum Gasteiger partial charge on any atom is -0.340 e. The molecule has 27 heavy (non-hydrogen) atoms. The fraction of sp³-hybridized carbons (Fsp3) is 0.105. The number of amides is 1. The van der Waals surface area contributed by atoms with E-state index in [1.54, 1.807) is 35.5 Å². The summed E-state index contributed by atoms with van der Waals surface area (Å²) in [4.78, 5) is 32.7. The van der Waals surface area contributed by atoms with E-state index in [-0.39, 0.29) is 11.6 Å². The van der Waals surface area contributed by atoms with Crippen molar-refractivity contribution in [1.29, 1.82) is 0 Å². The van der Waals surface area contributed by atoms with Crippen molar-refractivity contribution in [3.8, 4) is 0 Å². The van der Waals surface area contributed by atoms with Gasteiger partial charge in [0.05, 0.1) is 10.5 Å². The molecule has 8 nitrogen and oxygen atoms in total. The third-order valence-electron chi connectivity index (χ3n) is 4.36. The first-order valence-corrected chi connectivity index (χ1v) is 8.34. The SMILES string of the molecule is O=C(c1cccnc1)N1CCc2cc(Nc3ccc([N+](=O)[O-])cn3)ccc21. The molecule has 1 aliphatic heterocycles. The molecule has 0 radical (unpaired) electrons. The summed E-state index contributed by atoms with van der Waals surface area (Å²) in [5, 5.41) is 13.8. The van der Waals surface area contributed by atoms with E-state index in [2.05, 4.69) is 15.3 Å². The molecule has 4 rings (SSSR count). The van der Waals surface area contributed by atoms with Gasteiger partial charge in [-0.15, -0.1) is 0 Å². The summed E-state index contributed by atoms with van der Waals surface area (Å²) < 4.78 is 0. The van der Waals surface area contributed by atoms with E-state index in [9.17, 15) is 14.9 Å². The Labute approximate surface area is 154 Å². The van der Waals surface area contributed by atoms with Crippen molar-refractivity contribution in [2.45, 2.75) is 6.42 Å². The van der Waals surface area contributed by atoms with Gasteiger partial charge in [-0.05, 0) is 48.4 Å². The molecule has 0 unspecified atom stereocenters. The van der Waals surface area contributed by atoms with Crippen LogP contribution in [0.4, 0.5) is 22.9 Å².